The SMILES string of the molecule is C=CC(=O)Nc1cc(Nc2cc(N3OCC[C@@H]3c3cc(F)cc(F)c3)ncn2)c(OC)cc1N1C[C@@H]2C[C@H]1CO2. The van der Waals surface area contributed by atoms with Gasteiger partial charge in [-0.3, -0.25) is 9.63 Å². The van der Waals surface area contributed by atoms with Crippen molar-refractivity contribution in [2.75, 3.05) is 47.5 Å². The Morgan fingerprint density at radius 2 is 1.98 bits per heavy atom. The Labute approximate surface area is 229 Å². The van der Waals surface area contributed by atoms with Crippen LogP contribution in [-0.2, 0) is 14.4 Å². The smallest absolute Gasteiger partial charge is 0.247 e. The van der Waals surface area contributed by atoms with Gasteiger partial charge in [-0.05, 0) is 36.3 Å². The van der Waals surface area contributed by atoms with Crippen LogP contribution >= 0.6 is 0 Å². The normalized spacial score (nSPS) is 21.5. The Morgan fingerprint density at radius 3 is 2.67 bits per heavy atom. The van der Waals surface area contributed by atoms with Crippen LogP contribution < -0.4 is 25.3 Å². The van der Waals surface area contributed by atoms with Crippen molar-refractivity contribution < 1.29 is 27.9 Å². The number of methoxy groups -OCH3 is 1. The predicted molar refractivity (Wildman–Crippen MR) is 145 cm³/mol. The summed E-state index contributed by atoms with van der Waals surface area (Å²) in [4.78, 5) is 29.0. The minimum absolute atomic E-state index is 0.164. The number of nitrogens with one attached hydrogen (secondary N) is 2. The van der Waals surface area contributed by atoms with Gasteiger partial charge in [0, 0.05) is 31.2 Å². The number of halogens is 2. The van der Waals surface area contributed by atoms with Crippen LogP contribution in [0.1, 0.15) is 24.4 Å². The molecule has 4 heterocycles. The van der Waals surface area contributed by atoms with Crippen LogP contribution in [0.15, 0.2) is 55.4 Å². The molecule has 2 aromatic carbocycles. The number of fused-ring (bicyclic) bond motifs is 2. The monoisotopic (exact) mass is 550 g/mol. The molecule has 3 fully saturated rings. The second-order valence-corrected chi connectivity index (χ2v) is 9.81. The summed E-state index contributed by atoms with van der Waals surface area (Å²) in [6, 6.07) is 8.54. The lowest BCUT2D eigenvalue weighted by Gasteiger charge is -2.31. The van der Waals surface area contributed by atoms with Gasteiger partial charge in [0.05, 0.1) is 55.6 Å². The second kappa shape index (κ2) is 10.7. The van der Waals surface area contributed by atoms with Crippen molar-refractivity contribution in [2.45, 2.75) is 31.0 Å². The lowest BCUT2D eigenvalue weighted by molar-refractivity contribution is -0.111. The number of hydroxylamine groups is 1. The van der Waals surface area contributed by atoms with Crippen molar-refractivity contribution in [3.63, 3.8) is 0 Å². The van der Waals surface area contributed by atoms with Gasteiger partial charge in [0.2, 0.25) is 5.91 Å². The van der Waals surface area contributed by atoms with E-state index in [1.165, 1.54) is 29.6 Å². The maximum atomic E-state index is 13.9. The molecule has 0 unspecified atom stereocenters. The zero-order valence-electron chi connectivity index (χ0n) is 21.8. The average molecular weight is 551 g/mol. The Morgan fingerprint density at radius 1 is 1.15 bits per heavy atom. The standard InChI is InChI=1S/C28H28F2N6O4/c1-3-28(37)34-21-10-22(25(38-2)11-24(21)35-13-20-9-19(35)14-39-20)33-26-12-27(32-15-31-26)36-23(4-5-40-36)16-6-17(29)8-18(30)7-16/h3,6-8,10-12,15,19-20,23H,1,4-5,9,13-14H2,2H3,(H,34,37)(H,31,32,33)/t19-,20-,23+/m0/s1. The third-order valence-corrected chi connectivity index (χ3v) is 7.29. The van der Waals surface area contributed by atoms with Gasteiger partial charge in [0.1, 0.15) is 29.5 Å². The fraction of sp³-hybridized carbons (Fsp3) is 0.321. The molecule has 3 aromatic rings. The van der Waals surface area contributed by atoms with Crippen molar-refractivity contribution in [3.8, 4) is 5.75 Å². The Bertz CT molecular complexity index is 1440. The van der Waals surface area contributed by atoms with E-state index < -0.39 is 17.7 Å². The summed E-state index contributed by atoms with van der Waals surface area (Å²) in [5.41, 5.74) is 2.42. The molecule has 3 atom stereocenters. The molecule has 6 rings (SSSR count). The number of amides is 1. The van der Waals surface area contributed by atoms with Crippen molar-refractivity contribution in [3.05, 3.63) is 72.6 Å². The van der Waals surface area contributed by atoms with E-state index in [-0.39, 0.29) is 18.1 Å². The van der Waals surface area contributed by atoms with Gasteiger partial charge in [-0.1, -0.05) is 6.58 Å². The van der Waals surface area contributed by atoms with Gasteiger partial charge in [0.25, 0.3) is 0 Å². The molecule has 1 aromatic heterocycles. The summed E-state index contributed by atoms with van der Waals surface area (Å²) in [5.74, 6) is -0.277. The third kappa shape index (κ3) is 5.03. The first-order valence-corrected chi connectivity index (χ1v) is 12.9. The zero-order chi connectivity index (χ0) is 27.8. The molecule has 1 amide bonds. The molecule has 10 nitrogen and oxygen atoms in total. The van der Waals surface area contributed by atoms with E-state index in [1.54, 1.807) is 19.2 Å². The maximum absolute atomic E-state index is 13.9. The summed E-state index contributed by atoms with van der Waals surface area (Å²) in [6.45, 7) is 5.29. The number of carbonyl (C=O) groups is 1. The molecule has 0 radical (unpaired) electrons. The van der Waals surface area contributed by atoms with Gasteiger partial charge in [0.15, 0.2) is 5.82 Å². The summed E-state index contributed by atoms with van der Waals surface area (Å²) in [7, 11) is 1.57. The highest BCUT2D eigenvalue weighted by atomic mass is 19.1. The van der Waals surface area contributed by atoms with Crippen LogP contribution in [0.5, 0.6) is 5.75 Å². The Hall–Kier alpha value is -4.29. The molecule has 3 aliphatic heterocycles. The quantitative estimate of drug-likeness (QED) is 0.393. The highest BCUT2D eigenvalue weighted by Gasteiger charge is 2.40. The zero-order valence-corrected chi connectivity index (χ0v) is 21.8. The minimum Gasteiger partial charge on any atom is -0.494 e. The van der Waals surface area contributed by atoms with E-state index >= 15 is 0 Å². The second-order valence-electron chi connectivity index (χ2n) is 9.81. The molecule has 208 valence electrons. The number of nitrogens with zero attached hydrogens (tertiary/aromatic N) is 4. The van der Waals surface area contributed by atoms with E-state index in [0.29, 0.717) is 54.0 Å². The van der Waals surface area contributed by atoms with Crippen LogP contribution in [-0.4, -0.2) is 54.9 Å². The van der Waals surface area contributed by atoms with Crippen molar-refractivity contribution in [2.24, 2.45) is 0 Å². The Kier molecular flexibility index (Phi) is 6.95. The molecule has 12 heteroatoms. The van der Waals surface area contributed by atoms with Crippen LogP contribution in [0.2, 0.25) is 0 Å². The van der Waals surface area contributed by atoms with Gasteiger partial charge in [-0.25, -0.2) is 23.8 Å². The number of hydrogen-bond donors (Lipinski definition) is 2. The molecule has 2 bridgehead atoms. The summed E-state index contributed by atoms with van der Waals surface area (Å²) in [5, 5.41) is 7.68. The van der Waals surface area contributed by atoms with E-state index in [0.717, 1.165) is 24.7 Å². The van der Waals surface area contributed by atoms with Gasteiger partial charge in [-0.15, -0.1) is 0 Å². The highest BCUT2D eigenvalue weighted by Crippen LogP contribution is 2.43. The molecular formula is C28H28F2N6O4. The van der Waals surface area contributed by atoms with Gasteiger partial charge < -0.3 is 25.0 Å². The lowest BCUT2D eigenvalue weighted by Crippen LogP contribution is -2.37. The fourth-order valence-electron chi connectivity index (χ4n) is 5.49. The van der Waals surface area contributed by atoms with Crippen molar-refractivity contribution in [1.82, 2.24) is 9.97 Å². The summed E-state index contributed by atoms with van der Waals surface area (Å²) < 4.78 is 39.3. The van der Waals surface area contributed by atoms with E-state index in [9.17, 15) is 13.6 Å². The van der Waals surface area contributed by atoms with Gasteiger partial charge >= 0.3 is 0 Å². The minimum atomic E-state index is -0.656. The van der Waals surface area contributed by atoms with E-state index in [1.807, 2.05) is 6.07 Å². The molecule has 40 heavy (non-hydrogen) atoms. The van der Waals surface area contributed by atoms with Crippen LogP contribution in [0.4, 0.5) is 37.5 Å². The number of morpholine rings is 1. The maximum Gasteiger partial charge on any atom is 0.247 e. The summed E-state index contributed by atoms with van der Waals surface area (Å²) in [6.07, 6.45) is 4.21. The average Bonchev–Trinajstić information content (AvgIpc) is 3.71. The van der Waals surface area contributed by atoms with Crippen molar-refractivity contribution in [1.29, 1.82) is 0 Å². The largest absolute Gasteiger partial charge is 0.494 e. The third-order valence-electron chi connectivity index (χ3n) is 7.29. The van der Waals surface area contributed by atoms with E-state index in [2.05, 4.69) is 32.1 Å². The van der Waals surface area contributed by atoms with E-state index in [4.69, 9.17) is 14.3 Å². The van der Waals surface area contributed by atoms with Crippen LogP contribution in [0.3, 0.4) is 0 Å². The highest BCUT2D eigenvalue weighted by molar-refractivity contribution is 6.02. The number of hydrogen-bond acceptors (Lipinski definition) is 9. The number of carbonyl (C=O) groups excluding carboxylic acids is 1. The molecule has 3 saturated heterocycles. The molecule has 3 aliphatic rings. The molecular weight excluding hydrogens is 522 g/mol. The predicted octanol–water partition coefficient (Wildman–Crippen LogP) is 4.49. The molecule has 0 aliphatic carbocycles. The molecule has 2 N–H and O–H groups in total. The lowest BCUT2D eigenvalue weighted by atomic mass is 10.0. The first kappa shape index (κ1) is 26.0. The Balaban J connectivity index is 1.30. The van der Waals surface area contributed by atoms with Crippen molar-refractivity contribution >= 4 is 34.6 Å². The first-order valence-electron chi connectivity index (χ1n) is 12.9. The molecule has 0 saturated carbocycles. The first-order chi connectivity index (χ1) is 19.4. The molecule has 0 spiro atoms. The fourth-order valence-corrected chi connectivity index (χ4v) is 5.49. The van der Waals surface area contributed by atoms with Crippen LogP contribution in [0.25, 0.3) is 0 Å². The number of benzene rings is 2. The number of anilines is 5. The number of rotatable bonds is 8. The van der Waals surface area contributed by atoms with Crippen LogP contribution in [0, 0.1) is 11.6 Å². The van der Waals surface area contributed by atoms with Gasteiger partial charge in [-0.2, -0.15) is 0 Å². The topological polar surface area (TPSA) is 101 Å². The number of aromatic nitrogens is 2. The number of ether oxygens (including phenoxy) is 2. The summed E-state index contributed by atoms with van der Waals surface area (Å²) >= 11 is 0.